The molecule has 0 aromatic heterocycles. The van der Waals surface area contributed by atoms with E-state index in [9.17, 15) is 9.59 Å². The van der Waals surface area contributed by atoms with Crippen LogP contribution in [0.4, 0.5) is 4.79 Å². The van der Waals surface area contributed by atoms with Crippen molar-refractivity contribution in [3.8, 4) is 0 Å². The molecule has 1 heterocycles. The smallest absolute Gasteiger partial charge is 0.407 e. The van der Waals surface area contributed by atoms with E-state index in [4.69, 9.17) is 9.84 Å². The van der Waals surface area contributed by atoms with Crippen LogP contribution < -0.4 is 5.32 Å². The number of nitrogens with zero attached hydrogens (tertiary/aromatic N) is 1. The molecule has 1 aliphatic heterocycles. The fraction of sp³-hybridized carbons (Fsp3) is 0.800. The van der Waals surface area contributed by atoms with Crippen molar-refractivity contribution in [2.75, 3.05) is 40.0 Å². The number of hydrogen-bond donors (Lipinski definition) is 2. The molecular weight excluding hydrogens is 228 g/mol. The van der Waals surface area contributed by atoms with E-state index in [0.29, 0.717) is 26.1 Å². The molecule has 1 aliphatic rings. The SMILES string of the molecule is COCC(=O)NCC1CN(C(=O)O)CCCO1. The third-order valence-corrected chi connectivity index (χ3v) is 2.42. The van der Waals surface area contributed by atoms with E-state index >= 15 is 0 Å². The van der Waals surface area contributed by atoms with Crippen LogP contribution in [-0.2, 0) is 14.3 Å². The Labute approximate surface area is 99.7 Å². The Balaban J connectivity index is 2.35. The highest BCUT2D eigenvalue weighted by atomic mass is 16.5. The average molecular weight is 246 g/mol. The maximum Gasteiger partial charge on any atom is 0.407 e. The molecule has 0 spiro atoms. The van der Waals surface area contributed by atoms with Crippen molar-refractivity contribution < 1.29 is 24.2 Å². The van der Waals surface area contributed by atoms with Crippen molar-refractivity contribution in [1.82, 2.24) is 10.2 Å². The van der Waals surface area contributed by atoms with Gasteiger partial charge < -0.3 is 24.8 Å². The van der Waals surface area contributed by atoms with E-state index in [1.54, 1.807) is 0 Å². The van der Waals surface area contributed by atoms with Gasteiger partial charge in [-0.2, -0.15) is 0 Å². The minimum absolute atomic E-state index is 0.00460. The molecule has 1 rings (SSSR count). The standard InChI is InChI=1S/C10H18N2O5/c1-16-7-9(13)11-5-8-6-12(10(14)15)3-2-4-17-8/h8H,2-7H2,1H3,(H,11,13)(H,14,15). The van der Waals surface area contributed by atoms with Crippen LogP contribution in [0.25, 0.3) is 0 Å². The predicted molar refractivity (Wildman–Crippen MR) is 58.8 cm³/mol. The second kappa shape index (κ2) is 7.08. The van der Waals surface area contributed by atoms with Crippen LogP contribution in [0.5, 0.6) is 0 Å². The molecule has 17 heavy (non-hydrogen) atoms. The summed E-state index contributed by atoms with van der Waals surface area (Å²) in [5.41, 5.74) is 0. The third kappa shape index (κ3) is 5.01. The van der Waals surface area contributed by atoms with Gasteiger partial charge in [-0.25, -0.2) is 4.79 Å². The summed E-state index contributed by atoms with van der Waals surface area (Å²) in [6, 6.07) is 0. The van der Waals surface area contributed by atoms with Crippen molar-refractivity contribution in [2.45, 2.75) is 12.5 Å². The number of carbonyl (C=O) groups excluding carboxylic acids is 1. The molecule has 7 heteroatoms. The van der Waals surface area contributed by atoms with Gasteiger partial charge in [0.05, 0.1) is 12.6 Å². The quantitative estimate of drug-likeness (QED) is 0.699. The van der Waals surface area contributed by atoms with Gasteiger partial charge in [-0.3, -0.25) is 4.79 Å². The lowest BCUT2D eigenvalue weighted by molar-refractivity contribution is -0.125. The fourth-order valence-electron chi connectivity index (χ4n) is 1.60. The lowest BCUT2D eigenvalue weighted by atomic mass is 10.3. The topological polar surface area (TPSA) is 88.1 Å². The molecule has 2 amide bonds. The van der Waals surface area contributed by atoms with E-state index in [0.717, 1.165) is 0 Å². The molecule has 0 aromatic rings. The zero-order valence-corrected chi connectivity index (χ0v) is 9.85. The highest BCUT2D eigenvalue weighted by Gasteiger charge is 2.22. The van der Waals surface area contributed by atoms with Crippen LogP contribution in [0, 0.1) is 0 Å². The molecule has 1 fully saturated rings. The minimum Gasteiger partial charge on any atom is -0.465 e. The van der Waals surface area contributed by atoms with Crippen LogP contribution in [-0.4, -0.2) is 68.1 Å². The van der Waals surface area contributed by atoms with Gasteiger partial charge in [0.1, 0.15) is 6.61 Å². The lowest BCUT2D eigenvalue weighted by Crippen LogP contribution is -2.42. The average Bonchev–Trinajstić information content (AvgIpc) is 2.52. The summed E-state index contributed by atoms with van der Waals surface area (Å²) >= 11 is 0. The van der Waals surface area contributed by atoms with Gasteiger partial charge >= 0.3 is 6.09 Å². The minimum atomic E-state index is -0.955. The Bertz CT molecular complexity index is 271. The third-order valence-electron chi connectivity index (χ3n) is 2.42. The molecule has 0 aromatic carbocycles. The number of carbonyl (C=O) groups is 2. The number of amides is 2. The van der Waals surface area contributed by atoms with Crippen molar-refractivity contribution in [1.29, 1.82) is 0 Å². The van der Waals surface area contributed by atoms with Crippen LogP contribution in [0.1, 0.15) is 6.42 Å². The van der Waals surface area contributed by atoms with Gasteiger partial charge in [0.15, 0.2) is 0 Å². The number of carboxylic acid groups (broad SMARTS) is 1. The van der Waals surface area contributed by atoms with Crippen LogP contribution in [0.15, 0.2) is 0 Å². The van der Waals surface area contributed by atoms with Crippen LogP contribution in [0.3, 0.4) is 0 Å². The van der Waals surface area contributed by atoms with Gasteiger partial charge in [0, 0.05) is 26.8 Å². The van der Waals surface area contributed by atoms with E-state index in [1.807, 2.05) is 0 Å². The van der Waals surface area contributed by atoms with Crippen molar-refractivity contribution in [3.05, 3.63) is 0 Å². The number of methoxy groups -OCH3 is 1. The zero-order valence-electron chi connectivity index (χ0n) is 9.85. The van der Waals surface area contributed by atoms with Crippen LogP contribution >= 0.6 is 0 Å². The summed E-state index contributed by atoms with van der Waals surface area (Å²) in [4.78, 5) is 23.3. The summed E-state index contributed by atoms with van der Waals surface area (Å²) in [5, 5.41) is 11.5. The first-order valence-corrected chi connectivity index (χ1v) is 5.48. The van der Waals surface area contributed by atoms with E-state index in [1.165, 1.54) is 12.0 Å². The van der Waals surface area contributed by atoms with Crippen molar-refractivity contribution >= 4 is 12.0 Å². The number of hydrogen-bond acceptors (Lipinski definition) is 4. The monoisotopic (exact) mass is 246 g/mol. The van der Waals surface area contributed by atoms with Crippen molar-refractivity contribution in [3.63, 3.8) is 0 Å². The maximum absolute atomic E-state index is 11.2. The van der Waals surface area contributed by atoms with Crippen molar-refractivity contribution in [2.24, 2.45) is 0 Å². The Morgan fingerprint density at radius 2 is 2.35 bits per heavy atom. The van der Waals surface area contributed by atoms with Gasteiger partial charge in [0.2, 0.25) is 5.91 Å². The number of rotatable bonds is 4. The highest BCUT2D eigenvalue weighted by molar-refractivity contribution is 5.77. The summed E-state index contributed by atoms with van der Waals surface area (Å²) in [6.07, 6.45) is -0.576. The van der Waals surface area contributed by atoms with Gasteiger partial charge in [-0.05, 0) is 6.42 Å². The van der Waals surface area contributed by atoms with E-state index in [2.05, 4.69) is 10.1 Å². The zero-order chi connectivity index (χ0) is 12.7. The normalized spacial score (nSPS) is 20.8. The first-order chi connectivity index (χ1) is 8.13. The first kappa shape index (κ1) is 13.7. The Kier molecular flexibility index (Phi) is 5.71. The molecule has 1 atom stereocenters. The summed E-state index contributed by atoms with van der Waals surface area (Å²) in [7, 11) is 1.44. The van der Waals surface area contributed by atoms with E-state index < -0.39 is 6.09 Å². The molecular formula is C10H18N2O5. The second-order valence-corrected chi connectivity index (χ2v) is 3.81. The largest absolute Gasteiger partial charge is 0.465 e. The van der Waals surface area contributed by atoms with E-state index in [-0.39, 0.29) is 25.2 Å². The number of nitrogens with one attached hydrogen (secondary N) is 1. The highest BCUT2D eigenvalue weighted by Crippen LogP contribution is 2.05. The molecule has 2 N–H and O–H groups in total. The molecule has 0 aliphatic carbocycles. The molecule has 0 radical (unpaired) electrons. The molecule has 98 valence electrons. The Hall–Kier alpha value is -1.34. The molecule has 0 bridgehead atoms. The Morgan fingerprint density at radius 3 is 3.00 bits per heavy atom. The number of ether oxygens (including phenoxy) is 2. The van der Waals surface area contributed by atoms with Gasteiger partial charge in [-0.15, -0.1) is 0 Å². The molecule has 0 saturated carbocycles. The fourth-order valence-corrected chi connectivity index (χ4v) is 1.60. The molecule has 1 unspecified atom stereocenters. The Morgan fingerprint density at radius 1 is 1.59 bits per heavy atom. The summed E-state index contributed by atoms with van der Waals surface area (Å²) in [6.45, 7) is 1.55. The molecule has 1 saturated heterocycles. The first-order valence-electron chi connectivity index (χ1n) is 5.48. The summed E-state index contributed by atoms with van der Waals surface area (Å²) < 4.78 is 10.1. The lowest BCUT2D eigenvalue weighted by Gasteiger charge is -2.21. The molecule has 7 nitrogen and oxygen atoms in total. The van der Waals surface area contributed by atoms with Gasteiger partial charge in [-0.1, -0.05) is 0 Å². The summed E-state index contributed by atoms with van der Waals surface area (Å²) in [5.74, 6) is -0.234. The maximum atomic E-state index is 11.2. The van der Waals surface area contributed by atoms with Crippen LogP contribution in [0.2, 0.25) is 0 Å². The van der Waals surface area contributed by atoms with Gasteiger partial charge in [0.25, 0.3) is 0 Å². The predicted octanol–water partition coefficient (Wildman–Crippen LogP) is -0.482. The second-order valence-electron chi connectivity index (χ2n) is 3.81.